The van der Waals surface area contributed by atoms with Gasteiger partial charge in [0.15, 0.2) is 6.61 Å². The van der Waals surface area contributed by atoms with Crippen molar-refractivity contribution >= 4 is 11.6 Å². The van der Waals surface area contributed by atoms with Crippen LogP contribution in [-0.4, -0.2) is 19.6 Å². The average Bonchev–Trinajstić information content (AvgIpc) is 2.47. The van der Waals surface area contributed by atoms with Crippen molar-refractivity contribution in [1.29, 1.82) is 0 Å². The van der Waals surface area contributed by atoms with Gasteiger partial charge in [0, 0.05) is 12.2 Å². The zero-order chi connectivity index (χ0) is 14.2. The van der Waals surface area contributed by atoms with Crippen LogP contribution in [0, 0.1) is 0 Å². The summed E-state index contributed by atoms with van der Waals surface area (Å²) in [4.78, 5) is 11.8. The third-order valence-corrected chi connectivity index (χ3v) is 2.70. The predicted molar refractivity (Wildman–Crippen MR) is 79.8 cm³/mol. The zero-order valence-corrected chi connectivity index (χ0v) is 11.4. The first-order valence-corrected chi connectivity index (χ1v) is 6.49. The summed E-state index contributed by atoms with van der Waals surface area (Å²) >= 11 is 0. The Morgan fingerprint density at radius 2 is 1.90 bits per heavy atom. The van der Waals surface area contributed by atoms with Crippen molar-refractivity contribution in [2.24, 2.45) is 0 Å². The first kappa shape index (κ1) is 14.1. The Bertz CT molecular complexity index is 555. The second-order valence-electron chi connectivity index (χ2n) is 4.38. The number of nitrogens with one attached hydrogen (secondary N) is 2. The van der Waals surface area contributed by atoms with Crippen molar-refractivity contribution in [3.8, 4) is 5.75 Å². The second-order valence-corrected chi connectivity index (χ2v) is 4.38. The quantitative estimate of drug-likeness (QED) is 0.847. The SMILES string of the molecule is CNCc1cccc(NC(=O)COc2ccccc2)c1. The standard InChI is InChI=1S/C16H18N2O2/c1-17-11-13-6-5-7-14(10-13)18-16(19)12-20-15-8-3-2-4-9-15/h2-10,17H,11-12H2,1H3,(H,18,19). The van der Waals surface area contributed by atoms with Crippen molar-refractivity contribution < 1.29 is 9.53 Å². The van der Waals surface area contributed by atoms with Gasteiger partial charge >= 0.3 is 0 Å². The number of carbonyl (C=O) groups is 1. The van der Waals surface area contributed by atoms with Gasteiger partial charge in [0.25, 0.3) is 5.91 Å². The molecule has 2 aromatic rings. The van der Waals surface area contributed by atoms with Crippen LogP contribution in [-0.2, 0) is 11.3 Å². The lowest BCUT2D eigenvalue weighted by molar-refractivity contribution is -0.118. The summed E-state index contributed by atoms with van der Waals surface area (Å²) < 4.78 is 5.39. The number of anilines is 1. The van der Waals surface area contributed by atoms with E-state index in [2.05, 4.69) is 10.6 Å². The number of benzene rings is 2. The Morgan fingerprint density at radius 1 is 1.10 bits per heavy atom. The van der Waals surface area contributed by atoms with E-state index >= 15 is 0 Å². The van der Waals surface area contributed by atoms with Gasteiger partial charge in [-0.2, -0.15) is 0 Å². The largest absolute Gasteiger partial charge is 0.484 e. The molecule has 2 rings (SSSR count). The second kappa shape index (κ2) is 7.31. The number of carbonyl (C=O) groups excluding carboxylic acids is 1. The van der Waals surface area contributed by atoms with E-state index in [4.69, 9.17) is 4.74 Å². The maximum Gasteiger partial charge on any atom is 0.262 e. The average molecular weight is 270 g/mol. The maximum absolute atomic E-state index is 11.8. The minimum Gasteiger partial charge on any atom is -0.484 e. The Kier molecular flexibility index (Phi) is 5.15. The highest BCUT2D eigenvalue weighted by Crippen LogP contribution is 2.11. The maximum atomic E-state index is 11.8. The Hall–Kier alpha value is -2.33. The van der Waals surface area contributed by atoms with Gasteiger partial charge in [-0.1, -0.05) is 30.3 Å². The third-order valence-electron chi connectivity index (χ3n) is 2.70. The normalized spacial score (nSPS) is 10.1. The van der Waals surface area contributed by atoms with Gasteiger partial charge in [-0.3, -0.25) is 4.79 Å². The van der Waals surface area contributed by atoms with Crippen LogP contribution in [0.4, 0.5) is 5.69 Å². The summed E-state index contributed by atoms with van der Waals surface area (Å²) in [5.74, 6) is 0.516. The molecule has 2 N–H and O–H groups in total. The fraction of sp³-hybridized carbons (Fsp3) is 0.188. The third kappa shape index (κ3) is 4.40. The lowest BCUT2D eigenvalue weighted by atomic mass is 10.2. The molecule has 4 heteroatoms. The smallest absolute Gasteiger partial charge is 0.262 e. The number of amides is 1. The van der Waals surface area contributed by atoms with E-state index in [1.54, 1.807) is 0 Å². The molecule has 0 atom stereocenters. The number of hydrogen-bond donors (Lipinski definition) is 2. The van der Waals surface area contributed by atoms with Crippen molar-refractivity contribution in [1.82, 2.24) is 5.32 Å². The Morgan fingerprint density at radius 3 is 2.65 bits per heavy atom. The Labute approximate surface area is 118 Å². The molecule has 1 amide bonds. The van der Waals surface area contributed by atoms with Gasteiger partial charge < -0.3 is 15.4 Å². The lowest BCUT2D eigenvalue weighted by Crippen LogP contribution is -2.20. The van der Waals surface area contributed by atoms with Gasteiger partial charge in [0.2, 0.25) is 0 Å². The van der Waals surface area contributed by atoms with E-state index in [1.807, 2.05) is 61.6 Å². The fourth-order valence-corrected chi connectivity index (χ4v) is 1.83. The van der Waals surface area contributed by atoms with E-state index < -0.39 is 0 Å². The van der Waals surface area contributed by atoms with E-state index in [1.165, 1.54) is 0 Å². The molecule has 0 aliphatic rings. The van der Waals surface area contributed by atoms with Crippen LogP contribution in [0.15, 0.2) is 54.6 Å². The van der Waals surface area contributed by atoms with Gasteiger partial charge in [0.1, 0.15) is 5.75 Å². The zero-order valence-electron chi connectivity index (χ0n) is 11.4. The van der Waals surface area contributed by atoms with E-state index in [9.17, 15) is 4.79 Å². The van der Waals surface area contributed by atoms with Crippen molar-refractivity contribution in [2.75, 3.05) is 19.0 Å². The highest BCUT2D eigenvalue weighted by Gasteiger charge is 2.04. The molecule has 0 aliphatic heterocycles. The molecule has 4 nitrogen and oxygen atoms in total. The topological polar surface area (TPSA) is 50.4 Å². The monoisotopic (exact) mass is 270 g/mol. The van der Waals surface area contributed by atoms with Gasteiger partial charge in [-0.25, -0.2) is 0 Å². The van der Waals surface area contributed by atoms with Crippen molar-refractivity contribution in [2.45, 2.75) is 6.54 Å². The molecule has 0 aromatic heterocycles. The fourth-order valence-electron chi connectivity index (χ4n) is 1.83. The molecule has 0 radical (unpaired) electrons. The number of ether oxygens (including phenoxy) is 1. The summed E-state index contributed by atoms with van der Waals surface area (Å²) in [5.41, 5.74) is 1.90. The summed E-state index contributed by atoms with van der Waals surface area (Å²) in [6, 6.07) is 17.0. The van der Waals surface area contributed by atoms with Crippen molar-refractivity contribution in [3.05, 3.63) is 60.2 Å². The van der Waals surface area contributed by atoms with E-state index in [0.29, 0.717) is 5.75 Å². The first-order chi connectivity index (χ1) is 9.78. The minimum atomic E-state index is -0.171. The first-order valence-electron chi connectivity index (χ1n) is 6.49. The van der Waals surface area contributed by atoms with Gasteiger partial charge in [0.05, 0.1) is 0 Å². The van der Waals surface area contributed by atoms with Crippen molar-refractivity contribution in [3.63, 3.8) is 0 Å². The number of hydrogen-bond acceptors (Lipinski definition) is 3. The van der Waals surface area contributed by atoms with Gasteiger partial charge in [-0.05, 0) is 36.9 Å². The molecule has 0 heterocycles. The molecule has 0 fully saturated rings. The Balaban J connectivity index is 1.86. The molecule has 0 bridgehead atoms. The molecule has 0 saturated heterocycles. The van der Waals surface area contributed by atoms with Crippen LogP contribution >= 0.6 is 0 Å². The summed E-state index contributed by atoms with van der Waals surface area (Å²) in [7, 11) is 1.89. The molecule has 0 spiro atoms. The van der Waals surface area contributed by atoms with E-state index in [0.717, 1.165) is 17.8 Å². The molecular formula is C16H18N2O2. The van der Waals surface area contributed by atoms with E-state index in [-0.39, 0.29) is 12.5 Å². The van der Waals surface area contributed by atoms with Gasteiger partial charge in [-0.15, -0.1) is 0 Å². The highest BCUT2D eigenvalue weighted by molar-refractivity contribution is 5.91. The predicted octanol–water partition coefficient (Wildman–Crippen LogP) is 2.42. The molecule has 0 saturated carbocycles. The summed E-state index contributed by atoms with van der Waals surface area (Å²) in [6.45, 7) is 0.768. The van der Waals surface area contributed by atoms with Crippen LogP contribution in [0.1, 0.15) is 5.56 Å². The molecule has 104 valence electrons. The minimum absolute atomic E-state index is 0.000267. The van der Waals surface area contributed by atoms with Crippen LogP contribution in [0.25, 0.3) is 0 Å². The van der Waals surface area contributed by atoms with Crippen LogP contribution in [0.2, 0.25) is 0 Å². The molecule has 20 heavy (non-hydrogen) atoms. The molecule has 0 aliphatic carbocycles. The summed E-state index contributed by atoms with van der Waals surface area (Å²) in [6.07, 6.45) is 0. The van der Waals surface area contributed by atoms with Crippen LogP contribution < -0.4 is 15.4 Å². The molecular weight excluding hydrogens is 252 g/mol. The van der Waals surface area contributed by atoms with Crippen LogP contribution in [0.5, 0.6) is 5.75 Å². The number of rotatable bonds is 6. The molecule has 2 aromatic carbocycles. The highest BCUT2D eigenvalue weighted by atomic mass is 16.5. The summed E-state index contributed by atoms with van der Waals surface area (Å²) in [5, 5.41) is 5.89. The van der Waals surface area contributed by atoms with Crippen LogP contribution in [0.3, 0.4) is 0 Å². The molecule has 0 unspecified atom stereocenters. The lowest BCUT2D eigenvalue weighted by Gasteiger charge is -2.08. The number of para-hydroxylation sites is 1.